The Balaban J connectivity index is 1.28. The molecule has 6 nitrogen and oxygen atoms in total. The van der Waals surface area contributed by atoms with Crippen LogP contribution in [0.1, 0.15) is 32.6 Å². The lowest BCUT2D eigenvalue weighted by molar-refractivity contribution is -0.135. The maximum atomic E-state index is 12.8. The summed E-state index contributed by atoms with van der Waals surface area (Å²) in [7, 11) is 3.20. The fourth-order valence-electron chi connectivity index (χ4n) is 4.82. The van der Waals surface area contributed by atoms with Gasteiger partial charge in [0.15, 0.2) is 18.1 Å². The molecule has 0 unspecified atom stereocenters. The van der Waals surface area contributed by atoms with E-state index in [-0.39, 0.29) is 12.5 Å². The van der Waals surface area contributed by atoms with Gasteiger partial charge in [-0.2, -0.15) is 0 Å². The van der Waals surface area contributed by atoms with Crippen molar-refractivity contribution < 1.29 is 23.8 Å². The predicted octanol–water partition coefficient (Wildman–Crippen LogP) is 3.70. The first kappa shape index (κ1) is 20.4. The SMILES string of the molecule is COc1cc2c(cc1OC)CN(C(=O)COC(=O)c1ccc3c4c(cccc14)CC3)CC2. The minimum Gasteiger partial charge on any atom is -0.493 e. The third-order valence-corrected chi connectivity index (χ3v) is 6.49. The highest BCUT2D eigenvalue weighted by atomic mass is 16.5. The van der Waals surface area contributed by atoms with Gasteiger partial charge in [-0.3, -0.25) is 4.79 Å². The number of fused-ring (bicyclic) bond motifs is 1. The standard InChI is InChI=1S/C26H25NO5/c1-30-22-12-18-10-11-27(14-19(18)13-23(22)31-2)24(28)15-32-26(29)21-9-8-17-7-6-16-4-3-5-20(21)25(16)17/h3-5,8-9,12-13H,6-7,10-11,14-15H2,1-2H3. The van der Waals surface area contributed by atoms with Crippen LogP contribution in [0.2, 0.25) is 0 Å². The lowest BCUT2D eigenvalue weighted by Gasteiger charge is -2.29. The topological polar surface area (TPSA) is 65.1 Å². The van der Waals surface area contributed by atoms with E-state index in [1.807, 2.05) is 36.4 Å². The smallest absolute Gasteiger partial charge is 0.339 e. The van der Waals surface area contributed by atoms with Crippen molar-refractivity contribution >= 4 is 22.6 Å². The summed E-state index contributed by atoms with van der Waals surface area (Å²) in [5.74, 6) is 0.659. The highest BCUT2D eigenvalue weighted by molar-refractivity contribution is 6.07. The van der Waals surface area contributed by atoms with Crippen molar-refractivity contribution in [2.24, 2.45) is 0 Å². The molecule has 1 amide bonds. The maximum Gasteiger partial charge on any atom is 0.339 e. The van der Waals surface area contributed by atoms with Crippen molar-refractivity contribution in [1.82, 2.24) is 4.90 Å². The minimum atomic E-state index is -0.460. The molecule has 5 rings (SSSR count). The Morgan fingerprint density at radius 3 is 2.34 bits per heavy atom. The molecule has 0 bridgehead atoms. The lowest BCUT2D eigenvalue weighted by atomic mass is 9.98. The highest BCUT2D eigenvalue weighted by Gasteiger charge is 2.25. The number of hydrogen-bond donors (Lipinski definition) is 0. The molecule has 1 aliphatic carbocycles. The molecule has 0 saturated carbocycles. The molecule has 1 heterocycles. The van der Waals surface area contributed by atoms with E-state index >= 15 is 0 Å². The zero-order valence-corrected chi connectivity index (χ0v) is 18.3. The number of ether oxygens (including phenoxy) is 3. The second-order valence-corrected chi connectivity index (χ2v) is 8.23. The first-order valence-electron chi connectivity index (χ1n) is 10.8. The lowest BCUT2D eigenvalue weighted by Crippen LogP contribution is -2.38. The molecule has 0 saturated heterocycles. The van der Waals surface area contributed by atoms with Gasteiger partial charge in [0.05, 0.1) is 19.8 Å². The number of aryl methyl sites for hydroxylation is 2. The van der Waals surface area contributed by atoms with E-state index < -0.39 is 5.97 Å². The summed E-state index contributed by atoms with van der Waals surface area (Å²) >= 11 is 0. The molecule has 3 aromatic carbocycles. The van der Waals surface area contributed by atoms with Crippen LogP contribution in [0.25, 0.3) is 10.8 Å². The molecule has 32 heavy (non-hydrogen) atoms. The van der Waals surface area contributed by atoms with Crippen LogP contribution in [0.15, 0.2) is 42.5 Å². The number of benzene rings is 3. The van der Waals surface area contributed by atoms with Crippen molar-refractivity contribution in [2.45, 2.75) is 25.8 Å². The Bertz CT molecular complexity index is 1220. The van der Waals surface area contributed by atoms with Gasteiger partial charge < -0.3 is 19.1 Å². The van der Waals surface area contributed by atoms with E-state index in [4.69, 9.17) is 14.2 Å². The van der Waals surface area contributed by atoms with Crippen molar-refractivity contribution in [3.05, 3.63) is 70.3 Å². The van der Waals surface area contributed by atoms with E-state index in [1.165, 1.54) is 11.1 Å². The molecular weight excluding hydrogens is 406 g/mol. The Hall–Kier alpha value is -3.54. The summed E-state index contributed by atoms with van der Waals surface area (Å²) in [6.45, 7) is 0.747. The Labute approximate surface area is 186 Å². The summed E-state index contributed by atoms with van der Waals surface area (Å²) in [6, 6.07) is 13.7. The molecular formula is C26H25NO5. The average molecular weight is 431 g/mol. The van der Waals surface area contributed by atoms with Gasteiger partial charge >= 0.3 is 5.97 Å². The van der Waals surface area contributed by atoms with Crippen molar-refractivity contribution in [2.75, 3.05) is 27.4 Å². The van der Waals surface area contributed by atoms with Gasteiger partial charge in [0.1, 0.15) is 0 Å². The maximum absolute atomic E-state index is 12.8. The number of amides is 1. The third kappa shape index (κ3) is 3.45. The van der Waals surface area contributed by atoms with Gasteiger partial charge in [-0.25, -0.2) is 4.79 Å². The number of rotatable bonds is 5. The summed E-state index contributed by atoms with van der Waals surface area (Å²) in [4.78, 5) is 27.3. The molecule has 0 aromatic heterocycles. The summed E-state index contributed by atoms with van der Waals surface area (Å²) in [6.07, 6.45) is 2.71. The fraction of sp³-hybridized carbons (Fsp3) is 0.308. The van der Waals surface area contributed by atoms with E-state index in [9.17, 15) is 9.59 Å². The second kappa shape index (κ2) is 8.19. The molecule has 0 atom stereocenters. The van der Waals surface area contributed by atoms with E-state index in [2.05, 4.69) is 6.07 Å². The van der Waals surface area contributed by atoms with Crippen LogP contribution in [-0.4, -0.2) is 44.1 Å². The molecule has 0 spiro atoms. The minimum absolute atomic E-state index is 0.204. The number of nitrogens with zero attached hydrogens (tertiary/aromatic N) is 1. The van der Waals surface area contributed by atoms with Crippen LogP contribution in [0.4, 0.5) is 0 Å². The number of esters is 1. The summed E-state index contributed by atoms with van der Waals surface area (Å²) in [5.41, 5.74) is 5.20. The summed E-state index contributed by atoms with van der Waals surface area (Å²) < 4.78 is 16.2. The van der Waals surface area contributed by atoms with Crippen LogP contribution < -0.4 is 9.47 Å². The van der Waals surface area contributed by atoms with Gasteiger partial charge in [0.25, 0.3) is 5.91 Å². The zero-order chi connectivity index (χ0) is 22.2. The van der Waals surface area contributed by atoms with E-state index in [0.29, 0.717) is 36.6 Å². The third-order valence-electron chi connectivity index (χ3n) is 6.49. The van der Waals surface area contributed by atoms with Crippen molar-refractivity contribution in [3.8, 4) is 11.5 Å². The fourth-order valence-corrected chi connectivity index (χ4v) is 4.82. The quantitative estimate of drug-likeness (QED) is 0.577. The molecule has 0 fully saturated rings. The monoisotopic (exact) mass is 431 g/mol. The molecule has 0 N–H and O–H groups in total. The first-order valence-corrected chi connectivity index (χ1v) is 10.8. The first-order chi connectivity index (χ1) is 15.6. The molecule has 0 radical (unpaired) electrons. The van der Waals surface area contributed by atoms with E-state index in [0.717, 1.165) is 34.7 Å². The normalized spacial score (nSPS) is 14.2. The van der Waals surface area contributed by atoms with Crippen LogP contribution in [0.3, 0.4) is 0 Å². The van der Waals surface area contributed by atoms with Gasteiger partial charge in [-0.1, -0.05) is 24.3 Å². The highest BCUT2D eigenvalue weighted by Crippen LogP contribution is 2.34. The summed E-state index contributed by atoms with van der Waals surface area (Å²) in [5, 5.41) is 2.06. The number of methoxy groups -OCH3 is 2. The molecule has 3 aromatic rings. The number of carbonyl (C=O) groups is 2. The van der Waals surface area contributed by atoms with E-state index in [1.54, 1.807) is 19.1 Å². The zero-order valence-electron chi connectivity index (χ0n) is 18.3. The number of hydrogen-bond acceptors (Lipinski definition) is 5. The van der Waals surface area contributed by atoms with Crippen LogP contribution in [-0.2, 0) is 35.3 Å². The van der Waals surface area contributed by atoms with Gasteiger partial charge in [0.2, 0.25) is 0 Å². The molecule has 2 aliphatic rings. The van der Waals surface area contributed by atoms with Crippen LogP contribution in [0.5, 0.6) is 11.5 Å². The second-order valence-electron chi connectivity index (χ2n) is 8.23. The van der Waals surface area contributed by atoms with Gasteiger partial charge in [-0.15, -0.1) is 0 Å². The van der Waals surface area contributed by atoms with Gasteiger partial charge in [-0.05, 0) is 70.5 Å². The average Bonchev–Trinajstić information content (AvgIpc) is 3.26. The molecule has 1 aliphatic heterocycles. The Kier molecular flexibility index (Phi) is 5.21. The Morgan fingerprint density at radius 1 is 0.875 bits per heavy atom. The molecule has 6 heteroatoms. The van der Waals surface area contributed by atoms with Crippen LogP contribution >= 0.6 is 0 Å². The largest absolute Gasteiger partial charge is 0.493 e. The van der Waals surface area contributed by atoms with Crippen molar-refractivity contribution in [3.63, 3.8) is 0 Å². The van der Waals surface area contributed by atoms with Crippen LogP contribution in [0, 0.1) is 0 Å². The number of carbonyl (C=O) groups excluding carboxylic acids is 2. The Morgan fingerprint density at radius 2 is 1.59 bits per heavy atom. The molecule has 164 valence electrons. The van der Waals surface area contributed by atoms with Gasteiger partial charge in [0, 0.05) is 13.1 Å². The van der Waals surface area contributed by atoms with Crippen molar-refractivity contribution in [1.29, 1.82) is 0 Å². The predicted molar refractivity (Wildman–Crippen MR) is 120 cm³/mol.